The van der Waals surface area contributed by atoms with E-state index in [4.69, 9.17) is 0 Å². The summed E-state index contributed by atoms with van der Waals surface area (Å²) in [6.45, 7) is 4.90. The maximum Gasteiger partial charge on any atom is 0.165 e. The van der Waals surface area contributed by atoms with Crippen LogP contribution in [0.3, 0.4) is 0 Å². The lowest BCUT2D eigenvalue weighted by molar-refractivity contribution is 0.408. The number of aromatic hydroxyl groups is 2. The zero-order chi connectivity index (χ0) is 12.6. The van der Waals surface area contributed by atoms with E-state index in [0.29, 0.717) is 5.39 Å². The minimum absolute atomic E-state index is 0.0445. The Labute approximate surface area is 101 Å². The van der Waals surface area contributed by atoms with Crippen molar-refractivity contribution in [1.29, 1.82) is 0 Å². The van der Waals surface area contributed by atoms with Crippen LogP contribution in [0.15, 0.2) is 24.3 Å². The first-order valence-electron chi connectivity index (χ1n) is 5.71. The van der Waals surface area contributed by atoms with Crippen molar-refractivity contribution in [1.82, 2.24) is 0 Å². The molecule has 90 valence electrons. The van der Waals surface area contributed by atoms with Gasteiger partial charge in [0.1, 0.15) is 0 Å². The van der Waals surface area contributed by atoms with E-state index in [0.717, 1.165) is 23.2 Å². The zero-order valence-corrected chi connectivity index (χ0v) is 10.4. The highest BCUT2D eigenvalue weighted by molar-refractivity contribution is 6.02. The van der Waals surface area contributed by atoms with Crippen molar-refractivity contribution >= 4 is 16.5 Å². The molecule has 0 heterocycles. The molecule has 3 heteroatoms. The molecule has 0 bridgehead atoms. The van der Waals surface area contributed by atoms with E-state index >= 15 is 0 Å². The third-order valence-corrected chi connectivity index (χ3v) is 3.19. The number of aryl methyl sites for hydroxylation is 1. The molecule has 2 N–H and O–H groups in total. The fourth-order valence-electron chi connectivity index (χ4n) is 2.08. The molecule has 0 amide bonds. The van der Waals surface area contributed by atoms with Gasteiger partial charge in [0, 0.05) is 36.1 Å². The molecule has 0 spiro atoms. The Morgan fingerprint density at radius 3 is 2.59 bits per heavy atom. The number of phenolic OH excluding ortho intramolecular Hbond substituents is 2. The average molecular weight is 231 g/mol. The second kappa shape index (κ2) is 4.17. The third kappa shape index (κ3) is 1.78. The molecule has 0 atom stereocenters. The predicted octanol–water partition coefficient (Wildman–Crippen LogP) is 3.02. The van der Waals surface area contributed by atoms with E-state index in [-0.39, 0.29) is 11.5 Å². The Balaban J connectivity index is 2.88. The van der Waals surface area contributed by atoms with Crippen molar-refractivity contribution < 1.29 is 10.2 Å². The van der Waals surface area contributed by atoms with Gasteiger partial charge in [-0.3, -0.25) is 0 Å². The van der Waals surface area contributed by atoms with Gasteiger partial charge in [0.25, 0.3) is 0 Å². The molecule has 2 aromatic rings. The van der Waals surface area contributed by atoms with Gasteiger partial charge in [0.15, 0.2) is 11.5 Å². The topological polar surface area (TPSA) is 43.7 Å². The molecule has 0 aromatic heterocycles. The summed E-state index contributed by atoms with van der Waals surface area (Å²) >= 11 is 0. The van der Waals surface area contributed by atoms with Crippen LogP contribution in [0.2, 0.25) is 0 Å². The first-order valence-corrected chi connectivity index (χ1v) is 5.71. The second-order valence-electron chi connectivity index (χ2n) is 4.28. The van der Waals surface area contributed by atoms with Crippen molar-refractivity contribution in [3.05, 3.63) is 29.8 Å². The van der Waals surface area contributed by atoms with Crippen LogP contribution in [0.5, 0.6) is 11.5 Å². The molecule has 0 fully saturated rings. The van der Waals surface area contributed by atoms with Gasteiger partial charge in [0.2, 0.25) is 0 Å². The lowest BCUT2D eigenvalue weighted by Gasteiger charge is -2.21. The molecule has 0 aliphatic carbocycles. The highest BCUT2D eigenvalue weighted by Gasteiger charge is 2.14. The van der Waals surface area contributed by atoms with Gasteiger partial charge >= 0.3 is 0 Å². The van der Waals surface area contributed by atoms with Crippen LogP contribution in [0.4, 0.5) is 5.69 Å². The van der Waals surface area contributed by atoms with E-state index < -0.39 is 0 Å². The number of anilines is 1. The van der Waals surface area contributed by atoms with E-state index in [1.807, 2.05) is 39.1 Å². The fourth-order valence-corrected chi connectivity index (χ4v) is 2.08. The molecule has 0 unspecified atom stereocenters. The summed E-state index contributed by atoms with van der Waals surface area (Å²) in [7, 11) is 1.97. The lowest BCUT2D eigenvalue weighted by Crippen LogP contribution is -2.16. The molecule has 17 heavy (non-hydrogen) atoms. The quantitative estimate of drug-likeness (QED) is 0.781. The van der Waals surface area contributed by atoms with Gasteiger partial charge in [-0.15, -0.1) is 0 Å². The summed E-state index contributed by atoms with van der Waals surface area (Å²) in [4.78, 5) is 2.05. The first-order chi connectivity index (χ1) is 8.06. The predicted molar refractivity (Wildman–Crippen MR) is 71.0 cm³/mol. The zero-order valence-electron chi connectivity index (χ0n) is 10.4. The van der Waals surface area contributed by atoms with Crippen molar-refractivity contribution in [2.75, 3.05) is 18.5 Å². The Morgan fingerprint density at radius 2 is 1.94 bits per heavy atom. The van der Waals surface area contributed by atoms with Crippen LogP contribution in [0.25, 0.3) is 10.8 Å². The molecule has 0 saturated carbocycles. The van der Waals surface area contributed by atoms with Gasteiger partial charge in [0.05, 0.1) is 0 Å². The summed E-state index contributed by atoms with van der Waals surface area (Å²) in [5, 5.41) is 21.3. The number of benzene rings is 2. The molecular weight excluding hydrogens is 214 g/mol. The van der Waals surface area contributed by atoms with Gasteiger partial charge in [-0.05, 0) is 19.4 Å². The van der Waals surface area contributed by atoms with Crippen molar-refractivity contribution in [2.45, 2.75) is 13.8 Å². The molecule has 2 aromatic carbocycles. The summed E-state index contributed by atoms with van der Waals surface area (Å²) in [6.07, 6.45) is 0. The Hall–Kier alpha value is -1.90. The Bertz CT molecular complexity index is 564. The van der Waals surface area contributed by atoms with Crippen LogP contribution in [0, 0.1) is 6.92 Å². The van der Waals surface area contributed by atoms with Crippen LogP contribution in [-0.2, 0) is 0 Å². The first kappa shape index (κ1) is 11.6. The summed E-state index contributed by atoms with van der Waals surface area (Å²) in [5.41, 5.74) is 2.03. The SMILES string of the molecule is CCN(C)c1cc(O)c(O)c2cccc(C)c12. The molecule has 0 aliphatic heterocycles. The molecule has 2 rings (SSSR count). The number of fused-ring (bicyclic) bond motifs is 1. The van der Waals surface area contributed by atoms with Crippen molar-refractivity contribution in [3.63, 3.8) is 0 Å². The number of hydrogen-bond donors (Lipinski definition) is 2. The third-order valence-electron chi connectivity index (χ3n) is 3.19. The molecule has 0 radical (unpaired) electrons. The molecule has 3 nitrogen and oxygen atoms in total. The van der Waals surface area contributed by atoms with Gasteiger partial charge in [-0.25, -0.2) is 0 Å². The fraction of sp³-hybridized carbons (Fsp3) is 0.286. The van der Waals surface area contributed by atoms with Gasteiger partial charge < -0.3 is 15.1 Å². The minimum atomic E-state index is -0.0709. The Kier molecular flexibility index (Phi) is 2.84. The maximum atomic E-state index is 9.89. The standard InChI is InChI=1S/C14H17NO2/c1-4-15(3)11-8-12(16)14(17)10-7-5-6-9(2)13(10)11/h5-8,16-17H,4H2,1-3H3. The van der Waals surface area contributed by atoms with Crippen LogP contribution >= 0.6 is 0 Å². The number of rotatable bonds is 2. The summed E-state index contributed by atoms with van der Waals surface area (Å²) < 4.78 is 0. The number of phenols is 2. The van der Waals surface area contributed by atoms with Gasteiger partial charge in [-0.1, -0.05) is 18.2 Å². The van der Waals surface area contributed by atoms with Crippen LogP contribution < -0.4 is 4.90 Å². The van der Waals surface area contributed by atoms with E-state index in [1.165, 1.54) is 0 Å². The normalized spacial score (nSPS) is 10.8. The summed E-state index contributed by atoms with van der Waals surface area (Å²) in [5.74, 6) is -0.115. The number of nitrogens with zero attached hydrogens (tertiary/aromatic N) is 1. The lowest BCUT2D eigenvalue weighted by atomic mass is 10.0. The Morgan fingerprint density at radius 1 is 1.24 bits per heavy atom. The average Bonchev–Trinajstić information content (AvgIpc) is 2.33. The van der Waals surface area contributed by atoms with Crippen LogP contribution in [-0.4, -0.2) is 23.8 Å². The second-order valence-corrected chi connectivity index (χ2v) is 4.28. The minimum Gasteiger partial charge on any atom is -0.504 e. The molecule has 0 saturated heterocycles. The van der Waals surface area contributed by atoms with Crippen molar-refractivity contribution in [3.8, 4) is 11.5 Å². The molecule has 0 aliphatic rings. The van der Waals surface area contributed by atoms with E-state index in [1.54, 1.807) is 6.07 Å². The smallest absolute Gasteiger partial charge is 0.165 e. The maximum absolute atomic E-state index is 9.89. The van der Waals surface area contributed by atoms with Crippen LogP contribution in [0.1, 0.15) is 12.5 Å². The largest absolute Gasteiger partial charge is 0.504 e. The summed E-state index contributed by atoms with van der Waals surface area (Å²) in [6, 6.07) is 7.33. The monoisotopic (exact) mass is 231 g/mol. The van der Waals surface area contributed by atoms with E-state index in [2.05, 4.69) is 4.90 Å². The van der Waals surface area contributed by atoms with Gasteiger partial charge in [-0.2, -0.15) is 0 Å². The van der Waals surface area contributed by atoms with E-state index in [9.17, 15) is 10.2 Å². The highest BCUT2D eigenvalue weighted by atomic mass is 16.3. The molecular formula is C14H17NO2. The number of hydrogen-bond acceptors (Lipinski definition) is 3. The highest BCUT2D eigenvalue weighted by Crippen LogP contribution is 2.41. The van der Waals surface area contributed by atoms with Crippen molar-refractivity contribution in [2.24, 2.45) is 0 Å².